The molecular formula is C19H24N4O. The first-order valence-electron chi connectivity index (χ1n) is 8.61. The molecule has 0 bridgehead atoms. The van der Waals surface area contributed by atoms with Crippen molar-refractivity contribution in [3.05, 3.63) is 54.0 Å². The van der Waals surface area contributed by atoms with E-state index >= 15 is 0 Å². The van der Waals surface area contributed by atoms with Crippen LogP contribution in [-0.4, -0.2) is 35.5 Å². The molecule has 0 atom stereocenters. The number of benzene rings is 1. The van der Waals surface area contributed by atoms with Crippen LogP contribution < -0.4 is 10.2 Å². The predicted molar refractivity (Wildman–Crippen MR) is 95.1 cm³/mol. The van der Waals surface area contributed by atoms with Gasteiger partial charge in [0.15, 0.2) is 0 Å². The van der Waals surface area contributed by atoms with Gasteiger partial charge in [0.1, 0.15) is 17.8 Å². The molecule has 0 aliphatic carbocycles. The van der Waals surface area contributed by atoms with Crippen molar-refractivity contribution in [2.75, 3.05) is 24.5 Å². The van der Waals surface area contributed by atoms with Gasteiger partial charge in [-0.3, -0.25) is 4.79 Å². The molecule has 126 valence electrons. The monoisotopic (exact) mass is 324 g/mol. The molecule has 1 aliphatic heterocycles. The smallest absolute Gasteiger partial charge is 0.270 e. The van der Waals surface area contributed by atoms with Crippen molar-refractivity contribution in [2.24, 2.45) is 5.92 Å². The Morgan fingerprint density at radius 3 is 2.71 bits per heavy atom. The normalized spacial score (nSPS) is 15.3. The van der Waals surface area contributed by atoms with Crippen molar-refractivity contribution in [3.8, 4) is 0 Å². The van der Waals surface area contributed by atoms with E-state index in [1.807, 2.05) is 18.2 Å². The van der Waals surface area contributed by atoms with Gasteiger partial charge in [0.2, 0.25) is 0 Å². The van der Waals surface area contributed by atoms with Crippen LogP contribution in [0.2, 0.25) is 0 Å². The van der Waals surface area contributed by atoms with Crippen molar-refractivity contribution < 1.29 is 4.79 Å². The molecule has 0 saturated carbocycles. The van der Waals surface area contributed by atoms with Crippen LogP contribution in [0.25, 0.3) is 0 Å². The fourth-order valence-electron chi connectivity index (χ4n) is 2.94. The standard InChI is InChI=1S/C19H24N4O/c1-15-8-11-23(12-9-15)18-13-17(21-14-22-18)19(24)20-10-7-16-5-3-2-4-6-16/h2-6,13-15H,7-12H2,1H3,(H,20,24). The predicted octanol–water partition coefficient (Wildman–Crippen LogP) is 2.69. The SMILES string of the molecule is CC1CCN(c2cc(C(=O)NCCc3ccccc3)ncn2)CC1. The van der Waals surface area contributed by atoms with E-state index in [0.717, 1.165) is 31.2 Å². The molecule has 0 spiro atoms. The summed E-state index contributed by atoms with van der Waals surface area (Å²) >= 11 is 0. The number of aromatic nitrogens is 2. The molecule has 2 aromatic rings. The lowest BCUT2D eigenvalue weighted by molar-refractivity contribution is 0.0949. The fraction of sp³-hybridized carbons (Fsp3) is 0.421. The van der Waals surface area contributed by atoms with Gasteiger partial charge >= 0.3 is 0 Å². The molecule has 1 aliphatic rings. The van der Waals surface area contributed by atoms with Crippen LogP contribution >= 0.6 is 0 Å². The number of carbonyl (C=O) groups excluding carboxylic acids is 1. The van der Waals surface area contributed by atoms with Crippen LogP contribution in [0.3, 0.4) is 0 Å². The summed E-state index contributed by atoms with van der Waals surface area (Å²) in [5.41, 5.74) is 1.65. The summed E-state index contributed by atoms with van der Waals surface area (Å²) in [6, 6.07) is 11.9. The maximum atomic E-state index is 12.3. The molecule has 1 aromatic carbocycles. The van der Waals surface area contributed by atoms with E-state index in [9.17, 15) is 4.79 Å². The van der Waals surface area contributed by atoms with Crippen molar-refractivity contribution in [3.63, 3.8) is 0 Å². The minimum absolute atomic E-state index is 0.139. The molecule has 24 heavy (non-hydrogen) atoms. The highest BCUT2D eigenvalue weighted by molar-refractivity contribution is 5.92. The van der Waals surface area contributed by atoms with Crippen molar-refractivity contribution in [2.45, 2.75) is 26.2 Å². The average molecular weight is 324 g/mol. The largest absolute Gasteiger partial charge is 0.356 e. The van der Waals surface area contributed by atoms with Crippen LogP contribution in [0.5, 0.6) is 0 Å². The van der Waals surface area contributed by atoms with Gasteiger partial charge in [-0.15, -0.1) is 0 Å². The second-order valence-corrected chi connectivity index (χ2v) is 6.42. The van der Waals surface area contributed by atoms with Crippen molar-refractivity contribution in [1.29, 1.82) is 0 Å². The Kier molecular flexibility index (Phi) is 5.41. The lowest BCUT2D eigenvalue weighted by atomic mass is 9.99. The minimum atomic E-state index is -0.139. The van der Waals surface area contributed by atoms with E-state index in [0.29, 0.717) is 12.2 Å². The van der Waals surface area contributed by atoms with E-state index in [1.165, 1.54) is 24.7 Å². The zero-order valence-electron chi connectivity index (χ0n) is 14.1. The van der Waals surface area contributed by atoms with Crippen molar-refractivity contribution in [1.82, 2.24) is 15.3 Å². The highest BCUT2D eigenvalue weighted by Crippen LogP contribution is 2.21. The first kappa shape index (κ1) is 16.4. The summed E-state index contributed by atoms with van der Waals surface area (Å²) in [6.45, 7) is 4.87. The Labute approximate surface area is 143 Å². The fourth-order valence-corrected chi connectivity index (χ4v) is 2.94. The third kappa shape index (κ3) is 4.31. The summed E-state index contributed by atoms with van der Waals surface area (Å²) in [4.78, 5) is 23.0. The van der Waals surface area contributed by atoms with Gasteiger partial charge < -0.3 is 10.2 Å². The summed E-state index contributed by atoms with van der Waals surface area (Å²) in [6.07, 6.45) is 4.64. The maximum Gasteiger partial charge on any atom is 0.270 e. The molecule has 1 amide bonds. The van der Waals surface area contributed by atoms with E-state index in [2.05, 4.69) is 39.2 Å². The molecule has 5 heteroatoms. The Morgan fingerprint density at radius 2 is 1.96 bits per heavy atom. The second-order valence-electron chi connectivity index (χ2n) is 6.42. The second kappa shape index (κ2) is 7.90. The first-order valence-corrected chi connectivity index (χ1v) is 8.61. The topological polar surface area (TPSA) is 58.1 Å². The highest BCUT2D eigenvalue weighted by Gasteiger charge is 2.18. The summed E-state index contributed by atoms with van der Waals surface area (Å²) in [5.74, 6) is 1.48. The third-order valence-corrected chi connectivity index (χ3v) is 4.53. The highest BCUT2D eigenvalue weighted by atomic mass is 16.1. The van der Waals surface area contributed by atoms with Gasteiger partial charge in [0.25, 0.3) is 5.91 Å². The molecule has 5 nitrogen and oxygen atoms in total. The van der Waals surface area contributed by atoms with E-state index in [4.69, 9.17) is 0 Å². The average Bonchev–Trinajstić information content (AvgIpc) is 2.63. The first-order chi connectivity index (χ1) is 11.7. The zero-order chi connectivity index (χ0) is 16.8. The van der Waals surface area contributed by atoms with Gasteiger partial charge in [0.05, 0.1) is 0 Å². The number of hydrogen-bond donors (Lipinski definition) is 1. The number of rotatable bonds is 5. The van der Waals surface area contributed by atoms with E-state index in [1.54, 1.807) is 6.07 Å². The number of nitrogens with one attached hydrogen (secondary N) is 1. The van der Waals surface area contributed by atoms with Crippen LogP contribution in [-0.2, 0) is 6.42 Å². The van der Waals surface area contributed by atoms with Crippen LogP contribution in [0.4, 0.5) is 5.82 Å². The third-order valence-electron chi connectivity index (χ3n) is 4.53. The number of anilines is 1. The molecule has 2 heterocycles. The Morgan fingerprint density at radius 1 is 1.21 bits per heavy atom. The minimum Gasteiger partial charge on any atom is -0.356 e. The Bertz CT molecular complexity index is 666. The zero-order valence-corrected chi connectivity index (χ0v) is 14.1. The Balaban J connectivity index is 1.56. The van der Waals surface area contributed by atoms with Crippen molar-refractivity contribution >= 4 is 11.7 Å². The Hall–Kier alpha value is -2.43. The quantitative estimate of drug-likeness (QED) is 0.919. The number of hydrogen-bond acceptors (Lipinski definition) is 4. The maximum absolute atomic E-state index is 12.3. The molecule has 0 radical (unpaired) electrons. The number of amides is 1. The van der Waals surface area contributed by atoms with E-state index in [-0.39, 0.29) is 5.91 Å². The summed E-state index contributed by atoms with van der Waals surface area (Å²) in [5, 5.41) is 2.94. The molecule has 1 aromatic heterocycles. The lowest BCUT2D eigenvalue weighted by Gasteiger charge is -2.31. The summed E-state index contributed by atoms with van der Waals surface area (Å²) in [7, 11) is 0. The van der Waals surface area contributed by atoms with Gasteiger partial charge in [-0.05, 0) is 30.7 Å². The molecular weight excluding hydrogens is 300 g/mol. The van der Waals surface area contributed by atoms with Gasteiger partial charge in [-0.2, -0.15) is 0 Å². The van der Waals surface area contributed by atoms with Crippen LogP contribution in [0.1, 0.15) is 35.8 Å². The van der Waals surface area contributed by atoms with Crippen LogP contribution in [0, 0.1) is 5.92 Å². The molecule has 3 rings (SSSR count). The molecule has 1 saturated heterocycles. The lowest BCUT2D eigenvalue weighted by Crippen LogP contribution is -2.34. The number of piperidine rings is 1. The number of nitrogens with zero attached hydrogens (tertiary/aromatic N) is 3. The van der Waals surface area contributed by atoms with Gasteiger partial charge in [-0.1, -0.05) is 37.3 Å². The molecule has 1 N–H and O–H groups in total. The van der Waals surface area contributed by atoms with Gasteiger partial charge in [-0.25, -0.2) is 9.97 Å². The van der Waals surface area contributed by atoms with Gasteiger partial charge in [0, 0.05) is 25.7 Å². The van der Waals surface area contributed by atoms with E-state index < -0.39 is 0 Å². The summed E-state index contributed by atoms with van der Waals surface area (Å²) < 4.78 is 0. The van der Waals surface area contributed by atoms with Crippen LogP contribution in [0.15, 0.2) is 42.7 Å². The molecule has 1 fully saturated rings. The molecule has 0 unspecified atom stereocenters. The number of carbonyl (C=O) groups is 1.